The summed E-state index contributed by atoms with van der Waals surface area (Å²) in [6.45, 7) is 2.37. The van der Waals surface area contributed by atoms with Crippen LogP contribution in [0, 0.1) is 17.0 Å². The standard InChI is InChI=1S/C11H13N5O2S/c1-7-9(19-6-14-7)5-13-11-8(16(17)18)3-4-10(12-2)15-11/h3-4,6H,5H2,1-2H3,(H2,12,13,15). The van der Waals surface area contributed by atoms with Gasteiger partial charge in [-0.25, -0.2) is 9.97 Å². The molecular formula is C11H13N5O2S. The van der Waals surface area contributed by atoms with Crippen molar-refractivity contribution in [3.8, 4) is 0 Å². The summed E-state index contributed by atoms with van der Waals surface area (Å²) in [6, 6.07) is 3.00. The van der Waals surface area contributed by atoms with Gasteiger partial charge in [-0.3, -0.25) is 10.1 Å². The van der Waals surface area contributed by atoms with Crippen molar-refractivity contribution in [2.75, 3.05) is 17.7 Å². The molecule has 2 heterocycles. The zero-order chi connectivity index (χ0) is 13.8. The van der Waals surface area contributed by atoms with Crippen LogP contribution in [0.4, 0.5) is 17.3 Å². The summed E-state index contributed by atoms with van der Waals surface area (Å²) in [4.78, 5) is 19.8. The molecule has 0 aliphatic rings. The Labute approximate surface area is 113 Å². The maximum absolute atomic E-state index is 10.9. The van der Waals surface area contributed by atoms with E-state index >= 15 is 0 Å². The molecule has 19 heavy (non-hydrogen) atoms. The van der Waals surface area contributed by atoms with Gasteiger partial charge in [0.15, 0.2) is 0 Å². The molecule has 0 aromatic carbocycles. The summed E-state index contributed by atoms with van der Waals surface area (Å²) < 4.78 is 0. The molecule has 0 bridgehead atoms. The minimum Gasteiger partial charge on any atom is -0.373 e. The number of thiazole rings is 1. The molecule has 8 heteroatoms. The van der Waals surface area contributed by atoms with E-state index in [1.54, 1.807) is 18.6 Å². The Hall–Kier alpha value is -2.22. The molecule has 0 aliphatic carbocycles. The van der Waals surface area contributed by atoms with Gasteiger partial charge in [0.25, 0.3) is 0 Å². The topological polar surface area (TPSA) is 93.0 Å². The van der Waals surface area contributed by atoms with Gasteiger partial charge >= 0.3 is 5.69 Å². The van der Waals surface area contributed by atoms with E-state index in [4.69, 9.17) is 0 Å². The maximum atomic E-state index is 10.9. The monoisotopic (exact) mass is 279 g/mol. The predicted molar refractivity (Wildman–Crippen MR) is 74.6 cm³/mol. The van der Waals surface area contributed by atoms with Gasteiger partial charge in [0, 0.05) is 18.0 Å². The largest absolute Gasteiger partial charge is 0.373 e. The summed E-state index contributed by atoms with van der Waals surface area (Å²) in [7, 11) is 1.71. The summed E-state index contributed by atoms with van der Waals surface area (Å²) in [5, 5.41) is 16.8. The number of nitro groups is 1. The zero-order valence-electron chi connectivity index (χ0n) is 10.5. The Morgan fingerprint density at radius 2 is 2.26 bits per heavy atom. The van der Waals surface area contributed by atoms with Gasteiger partial charge in [-0.15, -0.1) is 11.3 Å². The van der Waals surface area contributed by atoms with Crippen LogP contribution in [0.3, 0.4) is 0 Å². The lowest BCUT2D eigenvalue weighted by molar-refractivity contribution is -0.384. The van der Waals surface area contributed by atoms with Gasteiger partial charge < -0.3 is 10.6 Å². The number of nitrogens with one attached hydrogen (secondary N) is 2. The summed E-state index contributed by atoms with van der Waals surface area (Å²) in [5.74, 6) is 0.832. The molecule has 7 nitrogen and oxygen atoms in total. The first kappa shape index (κ1) is 13.2. The quantitative estimate of drug-likeness (QED) is 0.645. The molecule has 100 valence electrons. The highest BCUT2D eigenvalue weighted by molar-refractivity contribution is 7.09. The molecule has 2 aromatic heterocycles. The number of aromatic nitrogens is 2. The van der Waals surface area contributed by atoms with E-state index in [-0.39, 0.29) is 11.5 Å². The van der Waals surface area contributed by atoms with Crippen molar-refractivity contribution in [1.82, 2.24) is 9.97 Å². The van der Waals surface area contributed by atoms with Crippen molar-refractivity contribution < 1.29 is 4.92 Å². The van der Waals surface area contributed by atoms with Crippen LogP contribution >= 0.6 is 11.3 Å². The Balaban J connectivity index is 2.22. The Morgan fingerprint density at radius 3 is 2.84 bits per heavy atom. The van der Waals surface area contributed by atoms with E-state index in [9.17, 15) is 10.1 Å². The average molecular weight is 279 g/mol. The van der Waals surface area contributed by atoms with Crippen molar-refractivity contribution in [2.24, 2.45) is 0 Å². The minimum absolute atomic E-state index is 0.0406. The Morgan fingerprint density at radius 1 is 1.47 bits per heavy atom. The first-order valence-corrected chi connectivity index (χ1v) is 6.46. The average Bonchev–Trinajstić information content (AvgIpc) is 2.81. The van der Waals surface area contributed by atoms with Crippen LogP contribution in [0.5, 0.6) is 0 Å². The molecule has 0 saturated carbocycles. The van der Waals surface area contributed by atoms with E-state index in [1.165, 1.54) is 17.4 Å². The van der Waals surface area contributed by atoms with Crippen LogP contribution in [-0.2, 0) is 6.54 Å². The molecule has 2 rings (SSSR count). The van der Waals surface area contributed by atoms with Gasteiger partial charge in [-0.05, 0) is 13.0 Å². The van der Waals surface area contributed by atoms with E-state index in [0.29, 0.717) is 12.4 Å². The van der Waals surface area contributed by atoms with Crippen LogP contribution in [0.25, 0.3) is 0 Å². The molecule has 0 spiro atoms. The third-order valence-corrected chi connectivity index (χ3v) is 3.52. The Bertz CT molecular complexity index is 599. The van der Waals surface area contributed by atoms with Crippen LogP contribution in [0.1, 0.15) is 10.6 Å². The summed E-state index contributed by atoms with van der Waals surface area (Å²) in [6.07, 6.45) is 0. The number of rotatable bonds is 5. The predicted octanol–water partition coefficient (Wildman–Crippen LogP) is 2.41. The van der Waals surface area contributed by atoms with Gasteiger partial charge in [-0.1, -0.05) is 0 Å². The van der Waals surface area contributed by atoms with Crippen molar-refractivity contribution in [3.63, 3.8) is 0 Å². The van der Waals surface area contributed by atoms with E-state index < -0.39 is 4.92 Å². The molecule has 0 radical (unpaired) electrons. The number of aryl methyl sites for hydroxylation is 1. The molecular weight excluding hydrogens is 266 g/mol. The van der Waals surface area contributed by atoms with E-state index in [1.807, 2.05) is 6.92 Å². The normalized spacial score (nSPS) is 10.2. The minimum atomic E-state index is -0.450. The third-order valence-electron chi connectivity index (χ3n) is 2.59. The van der Waals surface area contributed by atoms with Crippen LogP contribution in [0.15, 0.2) is 17.6 Å². The smallest absolute Gasteiger partial charge is 0.311 e. The lowest BCUT2D eigenvalue weighted by atomic mass is 10.3. The maximum Gasteiger partial charge on any atom is 0.311 e. The fourth-order valence-corrected chi connectivity index (χ4v) is 2.25. The molecule has 0 aliphatic heterocycles. The molecule has 0 amide bonds. The van der Waals surface area contributed by atoms with Crippen molar-refractivity contribution >= 4 is 28.7 Å². The first-order chi connectivity index (χ1) is 9.11. The van der Waals surface area contributed by atoms with Gasteiger partial charge in [0.05, 0.1) is 22.7 Å². The van der Waals surface area contributed by atoms with E-state index in [0.717, 1.165) is 10.6 Å². The SMILES string of the molecule is CNc1ccc([N+](=O)[O-])c(NCc2scnc2C)n1. The third kappa shape index (κ3) is 2.97. The number of hydrogen-bond donors (Lipinski definition) is 2. The lowest BCUT2D eigenvalue weighted by Gasteiger charge is -2.07. The van der Waals surface area contributed by atoms with Gasteiger partial charge in [0.1, 0.15) is 5.82 Å². The molecule has 0 saturated heterocycles. The molecule has 0 atom stereocenters. The van der Waals surface area contributed by atoms with Crippen molar-refractivity contribution in [3.05, 3.63) is 38.3 Å². The molecule has 2 N–H and O–H groups in total. The highest BCUT2D eigenvalue weighted by atomic mass is 32.1. The van der Waals surface area contributed by atoms with Gasteiger partial charge in [0.2, 0.25) is 5.82 Å². The second-order valence-electron chi connectivity index (χ2n) is 3.79. The first-order valence-electron chi connectivity index (χ1n) is 5.58. The number of hydrogen-bond acceptors (Lipinski definition) is 7. The summed E-state index contributed by atoms with van der Waals surface area (Å²) in [5.41, 5.74) is 2.63. The second-order valence-corrected chi connectivity index (χ2v) is 4.73. The highest BCUT2D eigenvalue weighted by Gasteiger charge is 2.16. The fourth-order valence-electron chi connectivity index (χ4n) is 1.53. The summed E-state index contributed by atoms with van der Waals surface area (Å²) >= 11 is 1.51. The molecule has 2 aromatic rings. The zero-order valence-corrected chi connectivity index (χ0v) is 11.3. The van der Waals surface area contributed by atoms with Crippen molar-refractivity contribution in [1.29, 1.82) is 0 Å². The Kier molecular flexibility index (Phi) is 3.91. The van der Waals surface area contributed by atoms with Gasteiger partial charge in [-0.2, -0.15) is 0 Å². The van der Waals surface area contributed by atoms with Crippen LogP contribution in [-0.4, -0.2) is 21.9 Å². The van der Waals surface area contributed by atoms with Crippen LogP contribution < -0.4 is 10.6 Å². The van der Waals surface area contributed by atoms with Crippen molar-refractivity contribution in [2.45, 2.75) is 13.5 Å². The van der Waals surface area contributed by atoms with E-state index in [2.05, 4.69) is 20.6 Å². The van der Waals surface area contributed by atoms with Crippen LogP contribution in [0.2, 0.25) is 0 Å². The number of anilines is 2. The highest BCUT2D eigenvalue weighted by Crippen LogP contribution is 2.25. The molecule has 0 fully saturated rings. The lowest BCUT2D eigenvalue weighted by Crippen LogP contribution is -2.06. The second kappa shape index (κ2) is 5.61. The number of nitrogens with zero attached hydrogens (tertiary/aromatic N) is 3. The molecule has 0 unspecified atom stereocenters. The number of pyridine rings is 1. The fraction of sp³-hybridized carbons (Fsp3) is 0.273.